The topological polar surface area (TPSA) is 62.7 Å². The second-order valence-corrected chi connectivity index (χ2v) is 5.87. The highest BCUT2D eigenvalue weighted by Gasteiger charge is 2.13. The first-order valence-electron chi connectivity index (χ1n) is 8.34. The molecule has 134 valence electrons. The maximum Gasteiger partial charge on any atom is 0.225 e. The fourth-order valence-corrected chi connectivity index (χ4v) is 2.31. The van der Waals surface area contributed by atoms with E-state index in [1.807, 2.05) is 26.0 Å². The fraction of sp³-hybridized carbons (Fsp3) is 0.211. The van der Waals surface area contributed by atoms with Gasteiger partial charge in [0, 0.05) is 30.1 Å². The Morgan fingerprint density at radius 1 is 1.04 bits per heavy atom. The predicted molar refractivity (Wildman–Crippen MR) is 98.3 cm³/mol. The molecule has 0 spiro atoms. The number of para-hydroxylation sites is 1. The molecule has 5 nitrogen and oxygen atoms in total. The van der Waals surface area contributed by atoms with Crippen molar-refractivity contribution in [2.45, 2.75) is 26.3 Å². The molecule has 2 N–H and O–H groups in total. The average Bonchev–Trinajstić information content (AvgIpc) is 2.65. The Morgan fingerprint density at radius 2 is 1.73 bits per heavy atom. The minimum absolute atomic E-state index is 0.153. The van der Waals surface area contributed by atoms with Gasteiger partial charge < -0.3 is 10.6 Å². The zero-order chi connectivity index (χ0) is 18.5. The first-order chi connectivity index (χ1) is 12.6. The molecule has 0 saturated heterocycles. The fourth-order valence-electron chi connectivity index (χ4n) is 2.31. The first kappa shape index (κ1) is 17.7. The summed E-state index contributed by atoms with van der Waals surface area (Å²) in [5.41, 5.74) is 1.19. The lowest BCUT2D eigenvalue weighted by molar-refractivity contribution is 0.590. The zero-order valence-electron chi connectivity index (χ0n) is 14.5. The minimum Gasteiger partial charge on any atom is -0.352 e. The number of hydrogen-bond donors (Lipinski definition) is 2. The van der Waals surface area contributed by atoms with Crippen molar-refractivity contribution in [1.29, 1.82) is 0 Å². The van der Waals surface area contributed by atoms with Crippen LogP contribution in [0.15, 0.2) is 48.8 Å². The SMILES string of the molecule is CC[C@@H](C)Nc1nc(Nc2c(F)cccc2F)cc(-c2ccncc2)n1. The molecule has 2 aromatic heterocycles. The number of anilines is 3. The summed E-state index contributed by atoms with van der Waals surface area (Å²) in [6.45, 7) is 4.05. The highest BCUT2D eigenvalue weighted by Crippen LogP contribution is 2.26. The van der Waals surface area contributed by atoms with Crippen molar-refractivity contribution in [3.8, 4) is 11.3 Å². The van der Waals surface area contributed by atoms with E-state index in [4.69, 9.17) is 0 Å². The molecule has 3 rings (SSSR count). The molecule has 0 radical (unpaired) electrons. The van der Waals surface area contributed by atoms with Crippen LogP contribution in [0.1, 0.15) is 20.3 Å². The first-order valence-corrected chi connectivity index (χ1v) is 8.34. The van der Waals surface area contributed by atoms with E-state index in [9.17, 15) is 8.78 Å². The maximum atomic E-state index is 14.0. The molecule has 7 heteroatoms. The second-order valence-electron chi connectivity index (χ2n) is 5.87. The van der Waals surface area contributed by atoms with Gasteiger partial charge in [-0.05, 0) is 37.6 Å². The minimum atomic E-state index is -0.689. The van der Waals surface area contributed by atoms with Crippen LogP contribution in [0, 0.1) is 11.6 Å². The Kier molecular flexibility index (Phi) is 5.36. The third kappa shape index (κ3) is 4.11. The smallest absolute Gasteiger partial charge is 0.225 e. The van der Waals surface area contributed by atoms with Crippen LogP contribution in [0.2, 0.25) is 0 Å². The summed E-state index contributed by atoms with van der Waals surface area (Å²) in [6.07, 6.45) is 4.19. The van der Waals surface area contributed by atoms with Crippen molar-refractivity contribution in [3.05, 3.63) is 60.4 Å². The molecule has 0 aliphatic carbocycles. The van der Waals surface area contributed by atoms with E-state index in [0.29, 0.717) is 17.5 Å². The molecular weight excluding hydrogens is 336 g/mol. The van der Waals surface area contributed by atoms with Crippen molar-refractivity contribution in [1.82, 2.24) is 15.0 Å². The van der Waals surface area contributed by atoms with Gasteiger partial charge in [-0.3, -0.25) is 4.98 Å². The Balaban J connectivity index is 2.02. The van der Waals surface area contributed by atoms with E-state index >= 15 is 0 Å². The Bertz CT molecular complexity index is 866. The lowest BCUT2D eigenvalue weighted by atomic mass is 10.2. The van der Waals surface area contributed by atoms with E-state index < -0.39 is 11.6 Å². The second kappa shape index (κ2) is 7.86. The van der Waals surface area contributed by atoms with Gasteiger partial charge in [-0.2, -0.15) is 4.98 Å². The van der Waals surface area contributed by atoms with Crippen molar-refractivity contribution in [2.24, 2.45) is 0 Å². The predicted octanol–water partition coefficient (Wildman–Crippen LogP) is 4.77. The van der Waals surface area contributed by atoms with Gasteiger partial charge in [0.25, 0.3) is 0 Å². The van der Waals surface area contributed by atoms with E-state index in [2.05, 4.69) is 25.6 Å². The normalized spacial score (nSPS) is 11.8. The van der Waals surface area contributed by atoms with Crippen LogP contribution in [-0.2, 0) is 0 Å². The average molecular weight is 355 g/mol. The summed E-state index contributed by atoms with van der Waals surface area (Å²) in [7, 11) is 0. The number of rotatable bonds is 6. The van der Waals surface area contributed by atoms with Crippen LogP contribution < -0.4 is 10.6 Å². The van der Waals surface area contributed by atoms with Crippen molar-refractivity contribution >= 4 is 17.5 Å². The number of halogens is 2. The number of pyridine rings is 1. The molecule has 1 aromatic carbocycles. The molecule has 3 aromatic rings. The summed E-state index contributed by atoms with van der Waals surface area (Å²) in [5, 5.41) is 5.92. The Labute approximate surface area is 150 Å². The molecule has 0 saturated carbocycles. The van der Waals surface area contributed by atoms with Crippen LogP contribution in [0.3, 0.4) is 0 Å². The molecule has 0 bridgehead atoms. The van der Waals surface area contributed by atoms with E-state index in [1.165, 1.54) is 18.2 Å². The van der Waals surface area contributed by atoms with Crippen molar-refractivity contribution < 1.29 is 8.78 Å². The monoisotopic (exact) mass is 355 g/mol. The van der Waals surface area contributed by atoms with E-state index in [1.54, 1.807) is 18.5 Å². The number of aromatic nitrogens is 3. The van der Waals surface area contributed by atoms with Crippen LogP contribution in [0.5, 0.6) is 0 Å². The van der Waals surface area contributed by atoms with Crippen molar-refractivity contribution in [2.75, 3.05) is 10.6 Å². The zero-order valence-corrected chi connectivity index (χ0v) is 14.5. The molecule has 1 atom stereocenters. The lowest BCUT2D eigenvalue weighted by Crippen LogP contribution is -2.16. The van der Waals surface area contributed by atoms with Gasteiger partial charge in [0.05, 0.1) is 5.69 Å². The van der Waals surface area contributed by atoms with Gasteiger partial charge >= 0.3 is 0 Å². The lowest BCUT2D eigenvalue weighted by Gasteiger charge is -2.15. The quantitative estimate of drug-likeness (QED) is 0.667. The van der Waals surface area contributed by atoms with E-state index in [-0.39, 0.29) is 11.7 Å². The summed E-state index contributed by atoms with van der Waals surface area (Å²) in [5.74, 6) is -0.703. The highest BCUT2D eigenvalue weighted by atomic mass is 19.1. The van der Waals surface area contributed by atoms with Gasteiger partial charge in [-0.15, -0.1) is 0 Å². The summed E-state index contributed by atoms with van der Waals surface area (Å²) in [6, 6.07) is 9.10. The summed E-state index contributed by atoms with van der Waals surface area (Å²) in [4.78, 5) is 12.8. The molecular formula is C19H19F2N5. The van der Waals surface area contributed by atoms with Gasteiger partial charge in [0.2, 0.25) is 5.95 Å². The van der Waals surface area contributed by atoms with E-state index in [0.717, 1.165) is 12.0 Å². The largest absolute Gasteiger partial charge is 0.352 e. The van der Waals surface area contributed by atoms with Gasteiger partial charge in [0.15, 0.2) is 0 Å². The maximum absolute atomic E-state index is 14.0. The summed E-state index contributed by atoms with van der Waals surface area (Å²) >= 11 is 0. The third-order valence-corrected chi connectivity index (χ3v) is 3.91. The highest BCUT2D eigenvalue weighted by molar-refractivity contribution is 5.67. The molecule has 0 aliphatic rings. The van der Waals surface area contributed by atoms with Gasteiger partial charge in [-0.25, -0.2) is 13.8 Å². The molecule has 0 unspecified atom stereocenters. The van der Waals surface area contributed by atoms with Gasteiger partial charge in [0.1, 0.15) is 23.1 Å². The number of nitrogens with zero attached hydrogens (tertiary/aromatic N) is 3. The standard InChI is InChI=1S/C19H19F2N5/c1-3-12(2)23-19-24-16(13-7-9-22-10-8-13)11-17(26-19)25-18-14(20)5-4-6-15(18)21/h4-12H,3H2,1-2H3,(H2,23,24,25,26)/t12-/m1/s1. The van der Waals surface area contributed by atoms with Gasteiger partial charge in [-0.1, -0.05) is 13.0 Å². The third-order valence-electron chi connectivity index (χ3n) is 3.91. The Morgan fingerprint density at radius 3 is 2.38 bits per heavy atom. The Hall–Kier alpha value is -3.09. The number of benzene rings is 1. The van der Waals surface area contributed by atoms with Crippen molar-refractivity contribution in [3.63, 3.8) is 0 Å². The number of hydrogen-bond acceptors (Lipinski definition) is 5. The van der Waals surface area contributed by atoms with Crippen LogP contribution >= 0.6 is 0 Å². The van der Waals surface area contributed by atoms with Crippen LogP contribution in [-0.4, -0.2) is 21.0 Å². The van der Waals surface area contributed by atoms with Crippen LogP contribution in [0.4, 0.5) is 26.2 Å². The molecule has 26 heavy (non-hydrogen) atoms. The molecule has 0 aliphatic heterocycles. The number of nitrogens with one attached hydrogen (secondary N) is 2. The molecule has 0 fully saturated rings. The van der Waals surface area contributed by atoms with Crippen LogP contribution in [0.25, 0.3) is 11.3 Å². The molecule has 2 heterocycles. The summed E-state index contributed by atoms with van der Waals surface area (Å²) < 4.78 is 27.9. The molecule has 0 amide bonds.